The summed E-state index contributed by atoms with van der Waals surface area (Å²) in [5, 5.41) is 10.0. The van der Waals surface area contributed by atoms with Crippen molar-refractivity contribution < 1.29 is 18.7 Å². The van der Waals surface area contributed by atoms with Gasteiger partial charge in [0.05, 0.1) is 24.9 Å². The molecule has 2 aromatic carbocycles. The van der Waals surface area contributed by atoms with Crippen molar-refractivity contribution >= 4 is 39.8 Å². The number of anilines is 3. The van der Waals surface area contributed by atoms with Crippen LogP contribution in [0.4, 0.5) is 25.7 Å². The Morgan fingerprint density at radius 1 is 1.10 bits per heavy atom. The summed E-state index contributed by atoms with van der Waals surface area (Å²) in [6.07, 6.45) is 0.0505. The van der Waals surface area contributed by atoms with Gasteiger partial charge in [-0.05, 0) is 48.9 Å². The van der Waals surface area contributed by atoms with E-state index in [0.29, 0.717) is 27.9 Å². The van der Waals surface area contributed by atoms with Crippen LogP contribution in [0.2, 0.25) is 0 Å². The molecule has 0 spiro atoms. The second-order valence-electron chi connectivity index (χ2n) is 6.16. The van der Waals surface area contributed by atoms with Crippen LogP contribution < -0.4 is 20.7 Å². The SMILES string of the molecule is COc1ccc(C)cc1NC(=O)Cc1csc(NC(=O)Nc2ccc(F)cc2)n1. The first kappa shape index (κ1) is 20.3. The lowest BCUT2D eigenvalue weighted by Gasteiger charge is -2.10. The molecule has 7 nitrogen and oxygen atoms in total. The smallest absolute Gasteiger partial charge is 0.325 e. The topological polar surface area (TPSA) is 92.4 Å². The molecule has 29 heavy (non-hydrogen) atoms. The third-order valence-electron chi connectivity index (χ3n) is 3.85. The first-order valence-corrected chi connectivity index (χ1v) is 9.53. The summed E-state index contributed by atoms with van der Waals surface area (Å²) in [4.78, 5) is 28.6. The molecule has 9 heteroatoms. The van der Waals surface area contributed by atoms with Gasteiger partial charge in [0, 0.05) is 11.1 Å². The third-order valence-corrected chi connectivity index (χ3v) is 4.65. The molecule has 0 fully saturated rings. The van der Waals surface area contributed by atoms with E-state index in [0.717, 1.165) is 5.56 Å². The van der Waals surface area contributed by atoms with Gasteiger partial charge in [-0.3, -0.25) is 10.1 Å². The predicted octanol–water partition coefficient (Wildman–Crippen LogP) is 4.42. The van der Waals surface area contributed by atoms with Gasteiger partial charge in [0.25, 0.3) is 0 Å². The number of hydrogen-bond donors (Lipinski definition) is 3. The Bertz CT molecular complexity index is 1020. The molecule has 1 heterocycles. The van der Waals surface area contributed by atoms with Gasteiger partial charge in [-0.1, -0.05) is 6.07 Å². The molecule has 0 saturated heterocycles. The van der Waals surface area contributed by atoms with Gasteiger partial charge in [-0.25, -0.2) is 14.2 Å². The molecule has 0 bridgehead atoms. The third kappa shape index (κ3) is 5.76. The molecule has 0 aliphatic carbocycles. The maximum atomic E-state index is 12.9. The van der Waals surface area contributed by atoms with E-state index in [1.165, 1.54) is 42.7 Å². The number of amides is 3. The highest BCUT2D eigenvalue weighted by molar-refractivity contribution is 7.14. The first-order valence-electron chi connectivity index (χ1n) is 8.65. The van der Waals surface area contributed by atoms with Gasteiger partial charge < -0.3 is 15.4 Å². The summed E-state index contributed by atoms with van der Waals surface area (Å²) < 4.78 is 18.2. The van der Waals surface area contributed by atoms with Crippen LogP contribution in [0.15, 0.2) is 47.8 Å². The van der Waals surface area contributed by atoms with E-state index in [1.807, 2.05) is 19.1 Å². The zero-order chi connectivity index (χ0) is 20.8. The normalized spacial score (nSPS) is 10.3. The van der Waals surface area contributed by atoms with Crippen LogP contribution in [0.1, 0.15) is 11.3 Å². The lowest BCUT2D eigenvalue weighted by atomic mass is 10.2. The molecular weight excluding hydrogens is 395 g/mol. The molecule has 0 saturated carbocycles. The highest BCUT2D eigenvalue weighted by Crippen LogP contribution is 2.25. The van der Waals surface area contributed by atoms with E-state index in [1.54, 1.807) is 11.4 Å². The molecule has 3 N–H and O–H groups in total. The number of methoxy groups -OCH3 is 1. The number of thiazole rings is 1. The van der Waals surface area contributed by atoms with Crippen molar-refractivity contribution in [3.05, 3.63) is 64.9 Å². The fraction of sp³-hybridized carbons (Fsp3) is 0.150. The number of aromatic nitrogens is 1. The molecule has 3 rings (SSSR count). The standard InChI is InChI=1S/C20H19FN4O3S/c1-12-3-8-17(28-2)16(9-12)24-18(26)10-15-11-29-20(23-15)25-19(27)22-14-6-4-13(21)5-7-14/h3-9,11H,10H2,1-2H3,(H,24,26)(H2,22,23,25,27). The van der Waals surface area contributed by atoms with E-state index in [9.17, 15) is 14.0 Å². The molecule has 3 amide bonds. The predicted molar refractivity (Wildman–Crippen MR) is 111 cm³/mol. The van der Waals surface area contributed by atoms with Gasteiger partial charge >= 0.3 is 6.03 Å². The Morgan fingerprint density at radius 3 is 2.59 bits per heavy atom. The van der Waals surface area contributed by atoms with Crippen LogP contribution in [0.3, 0.4) is 0 Å². The minimum Gasteiger partial charge on any atom is -0.495 e. The maximum absolute atomic E-state index is 12.9. The van der Waals surface area contributed by atoms with Crippen LogP contribution in [0.5, 0.6) is 5.75 Å². The Hall–Kier alpha value is -3.46. The summed E-state index contributed by atoms with van der Waals surface area (Å²) in [7, 11) is 1.54. The van der Waals surface area contributed by atoms with Crippen molar-refractivity contribution in [1.82, 2.24) is 4.98 Å². The summed E-state index contributed by atoms with van der Waals surface area (Å²) in [6.45, 7) is 1.92. The van der Waals surface area contributed by atoms with Gasteiger partial charge in [0.15, 0.2) is 5.13 Å². The molecule has 0 atom stereocenters. The lowest BCUT2D eigenvalue weighted by molar-refractivity contribution is -0.115. The van der Waals surface area contributed by atoms with Crippen molar-refractivity contribution in [2.24, 2.45) is 0 Å². The highest BCUT2D eigenvalue weighted by Gasteiger charge is 2.12. The van der Waals surface area contributed by atoms with Gasteiger partial charge in [-0.2, -0.15) is 0 Å². The van der Waals surface area contributed by atoms with E-state index < -0.39 is 6.03 Å². The van der Waals surface area contributed by atoms with Crippen LogP contribution in [-0.2, 0) is 11.2 Å². The number of nitrogens with zero attached hydrogens (tertiary/aromatic N) is 1. The fourth-order valence-electron chi connectivity index (χ4n) is 2.52. The number of urea groups is 1. The highest BCUT2D eigenvalue weighted by atomic mass is 32.1. The summed E-state index contributed by atoms with van der Waals surface area (Å²) in [5.74, 6) is -0.0642. The molecular formula is C20H19FN4O3S. The van der Waals surface area contributed by atoms with Crippen LogP contribution in [0, 0.1) is 12.7 Å². The number of halogens is 1. The minimum atomic E-state index is -0.508. The molecule has 0 aliphatic rings. The average Bonchev–Trinajstić information content (AvgIpc) is 3.10. The molecule has 1 aromatic heterocycles. The van der Waals surface area contributed by atoms with E-state index >= 15 is 0 Å². The second-order valence-corrected chi connectivity index (χ2v) is 7.02. The molecule has 0 aliphatic heterocycles. The van der Waals surface area contributed by atoms with E-state index in [4.69, 9.17) is 4.74 Å². The Labute approximate surface area is 170 Å². The van der Waals surface area contributed by atoms with Crippen molar-refractivity contribution in [2.75, 3.05) is 23.1 Å². The number of aryl methyl sites for hydroxylation is 1. The van der Waals surface area contributed by atoms with E-state index in [2.05, 4.69) is 20.9 Å². The summed E-state index contributed by atoms with van der Waals surface area (Å²) in [6, 6.07) is 10.4. The summed E-state index contributed by atoms with van der Waals surface area (Å²) in [5.41, 5.74) is 2.56. The first-order chi connectivity index (χ1) is 13.9. The number of carbonyl (C=O) groups is 2. The van der Waals surface area contributed by atoms with Crippen molar-refractivity contribution in [3.63, 3.8) is 0 Å². The Kier molecular flexibility index (Phi) is 6.40. The Balaban J connectivity index is 1.55. The fourth-order valence-corrected chi connectivity index (χ4v) is 3.22. The molecule has 0 radical (unpaired) electrons. The number of benzene rings is 2. The quantitative estimate of drug-likeness (QED) is 0.557. The number of rotatable bonds is 6. The Morgan fingerprint density at radius 2 is 1.86 bits per heavy atom. The molecule has 0 unspecified atom stereocenters. The second kappa shape index (κ2) is 9.16. The van der Waals surface area contributed by atoms with Crippen LogP contribution in [-0.4, -0.2) is 24.0 Å². The maximum Gasteiger partial charge on any atom is 0.325 e. The zero-order valence-corrected chi connectivity index (χ0v) is 16.6. The van der Waals surface area contributed by atoms with Gasteiger partial charge in [0.2, 0.25) is 5.91 Å². The minimum absolute atomic E-state index is 0.0505. The van der Waals surface area contributed by atoms with Gasteiger partial charge in [0.1, 0.15) is 11.6 Å². The number of hydrogen-bond acceptors (Lipinski definition) is 5. The average molecular weight is 414 g/mol. The van der Waals surface area contributed by atoms with Gasteiger partial charge in [-0.15, -0.1) is 11.3 Å². The van der Waals surface area contributed by atoms with Crippen molar-refractivity contribution in [2.45, 2.75) is 13.3 Å². The number of ether oxygens (including phenoxy) is 1. The molecule has 150 valence electrons. The van der Waals surface area contributed by atoms with Crippen LogP contribution in [0.25, 0.3) is 0 Å². The monoisotopic (exact) mass is 414 g/mol. The summed E-state index contributed by atoms with van der Waals surface area (Å²) >= 11 is 1.20. The number of carbonyl (C=O) groups excluding carboxylic acids is 2. The van der Waals surface area contributed by atoms with Crippen molar-refractivity contribution in [3.8, 4) is 5.75 Å². The lowest BCUT2D eigenvalue weighted by Crippen LogP contribution is -2.19. The molecule has 3 aromatic rings. The number of nitrogens with one attached hydrogen (secondary N) is 3. The van der Waals surface area contributed by atoms with Crippen molar-refractivity contribution in [1.29, 1.82) is 0 Å². The zero-order valence-electron chi connectivity index (χ0n) is 15.8. The van der Waals surface area contributed by atoms with E-state index in [-0.39, 0.29) is 18.1 Å². The largest absolute Gasteiger partial charge is 0.495 e. The van der Waals surface area contributed by atoms with Crippen LogP contribution >= 0.6 is 11.3 Å².